The average molecular weight is 546 g/mol. The Hall–Kier alpha value is -3.78. The van der Waals surface area contributed by atoms with Gasteiger partial charge in [0, 0.05) is 17.4 Å². The number of carbonyl (C=O) groups is 1. The molecular formula is C31H35N3O4S. The van der Waals surface area contributed by atoms with Crippen LogP contribution in [0, 0.1) is 0 Å². The second-order valence-electron chi connectivity index (χ2n) is 11.8. The van der Waals surface area contributed by atoms with Gasteiger partial charge in [-0.3, -0.25) is 0 Å². The smallest absolute Gasteiger partial charge is 0.337 e. The summed E-state index contributed by atoms with van der Waals surface area (Å²) >= 11 is 0. The van der Waals surface area contributed by atoms with Gasteiger partial charge in [0.15, 0.2) is 14.9 Å². The van der Waals surface area contributed by atoms with Gasteiger partial charge in [-0.2, -0.15) is 5.10 Å². The van der Waals surface area contributed by atoms with E-state index in [9.17, 15) is 13.2 Å². The van der Waals surface area contributed by atoms with Crippen molar-refractivity contribution in [1.82, 2.24) is 14.8 Å². The quantitative estimate of drug-likeness (QED) is 0.270. The van der Waals surface area contributed by atoms with Gasteiger partial charge in [0.1, 0.15) is 0 Å². The highest BCUT2D eigenvalue weighted by molar-refractivity contribution is 7.90. The Morgan fingerprint density at radius 1 is 0.821 bits per heavy atom. The third-order valence-corrected chi connectivity index (χ3v) is 7.62. The SMILES string of the molecule is COC(=O)c1ccc(-c2cc(-c3cc(C(C)(C)C)cc(C(C)(C)C)c3)n(-c3ccc(S(C)(=O)=O)nc3)n2)cc1. The van der Waals surface area contributed by atoms with Crippen molar-refractivity contribution in [2.75, 3.05) is 13.4 Å². The molecule has 39 heavy (non-hydrogen) atoms. The van der Waals surface area contributed by atoms with Crippen LogP contribution in [0.25, 0.3) is 28.2 Å². The van der Waals surface area contributed by atoms with Crippen molar-refractivity contribution in [2.45, 2.75) is 57.4 Å². The first-order valence-corrected chi connectivity index (χ1v) is 14.6. The van der Waals surface area contributed by atoms with Crippen LogP contribution in [0.5, 0.6) is 0 Å². The largest absolute Gasteiger partial charge is 0.465 e. The van der Waals surface area contributed by atoms with Crippen LogP contribution in [0.15, 0.2) is 71.9 Å². The number of pyridine rings is 1. The van der Waals surface area contributed by atoms with E-state index < -0.39 is 15.8 Å². The van der Waals surface area contributed by atoms with Gasteiger partial charge < -0.3 is 4.74 Å². The standard InChI is InChI=1S/C31H35N3O4S/c1-30(2,3)23-15-22(16-24(17-23)31(4,5)6)27-18-26(20-9-11-21(12-10-20)29(35)38-7)33-34(27)25-13-14-28(32-19-25)39(8,36)37/h9-19H,1-8H3. The fraction of sp³-hybridized carbons (Fsp3) is 0.323. The molecule has 0 N–H and O–H groups in total. The van der Waals surface area contributed by atoms with Crippen LogP contribution in [-0.2, 0) is 25.4 Å². The summed E-state index contributed by atoms with van der Waals surface area (Å²) in [6, 6.07) is 18.9. The van der Waals surface area contributed by atoms with E-state index in [2.05, 4.69) is 64.7 Å². The molecule has 0 saturated heterocycles. The minimum absolute atomic E-state index is 0.00308. The summed E-state index contributed by atoms with van der Waals surface area (Å²) in [4.78, 5) is 16.1. The minimum Gasteiger partial charge on any atom is -0.465 e. The summed E-state index contributed by atoms with van der Waals surface area (Å²) in [6.45, 7) is 13.2. The molecule has 7 nitrogen and oxygen atoms in total. The highest BCUT2D eigenvalue weighted by atomic mass is 32.2. The molecule has 0 fully saturated rings. The Morgan fingerprint density at radius 2 is 1.41 bits per heavy atom. The van der Waals surface area contributed by atoms with Crippen molar-refractivity contribution in [3.8, 4) is 28.2 Å². The molecule has 2 aromatic heterocycles. The van der Waals surface area contributed by atoms with Gasteiger partial charge in [0.2, 0.25) is 0 Å². The predicted molar refractivity (Wildman–Crippen MR) is 154 cm³/mol. The Kier molecular flexibility index (Phi) is 7.29. The van der Waals surface area contributed by atoms with E-state index >= 15 is 0 Å². The highest BCUT2D eigenvalue weighted by Gasteiger charge is 2.23. The van der Waals surface area contributed by atoms with Crippen LogP contribution in [-0.4, -0.2) is 42.5 Å². The number of hydrogen-bond donors (Lipinski definition) is 0. The molecular weight excluding hydrogens is 510 g/mol. The van der Waals surface area contributed by atoms with Gasteiger partial charge >= 0.3 is 5.97 Å². The summed E-state index contributed by atoms with van der Waals surface area (Å²) in [5.74, 6) is -0.404. The van der Waals surface area contributed by atoms with Gasteiger partial charge in [-0.15, -0.1) is 0 Å². The minimum atomic E-state index is -3.44. The van der Waals surface area contributed by atoms with Crippen molar-refractivity contribution in [2.24, 2.45) is 0 Å². The number of nitrogens with zero attached hydrogens (tertiary/aromatic N) is 3. The summed E-state index contributed by atoms with van der Waals surface area (Å²) in [5.41, 5.74) is 6.69. The maximum Gasteiger partial charge on any atom is 0.337 e. The van der Waals surface area contributed by atoms with Crippen LogP contribution in [0.2, 0.25) is 0 Å². The van der Waals surface area contributed by atoms with E-state index in [4.69, 9.17) is 9.84 Å². The van der Waals surface area contributed by atoms with Gasteiger partial charge in [-0.1, -0.05) is 59.7 Å². The summed E-state index contributed by atoms with van der Waals surface area (Å²) in [5, 5.41) is 4.91. The molecule has 0 amide bonds. The van der Waals surface area contributed by atoms with Gasteiger partial charge in [0.25, 0.3) is 0 Å². The average Bonchev–Trinajstić information content (AvgIpc) is 3.32. The van der Waals surface area contributed by atoms with Crippen LogP contribution < -0.4 is 0 Å². The van der Waals surface area contributed by atoms with Crippen molar-refractivity contribution < 1.29 is 17.9 Å². The number of methoxy groups -OCH3 is 1. The zero-order chi connectivity index (χ0) is 28.8. The molecule has 4 aromatic rings. The Bertz CT molecular complexity index is 1590. The second-order valence-corrected chi connectivity index (χ2v) is 13.8. The molecule has 0 aliphatic carbocycles. The first kappa shape index (κ1) is 28.2. The van der Waals surface area contributed by atoms with Crippen molar-refractivity contribution in [1.29, 1.82) is 0 Å². The third kappa shape index (κ3) is 6.11. The maximum absolute atomic E-state index is 12.0. The number of hydrogen-bond acceptors (Lipinski definition) is 6. The second kappa shape index (κ2) is 10.1. The summed E-state index contributed by atoms with van der Waals surface area (Å²) in [6.07, 6.45) is 2.66. The third-order valence-electron chi connectivity index (χ3n) is 6.62. The Balaban J connectivity index is 1.95. The molecule has 4 rings (SSSR count). The normalized spacial score (nSPS) is 12.4. The molecule has 0 atom stereocenters. The number of benzene rings is 2. The van der Waals surface area contributed by atoms with Crippen molar-refractivity contribution in [3.05, 3.63) is 83.6 Å². The molecule has 0 aliphatic heterocycles. The Morgan fingerprint density at radius 3 is 1.87 bits per heavy atom. The first-order valence-electron chi connectivity index (χ1n) is 12.7. The molecule has 0 saturated carbocycles. The van der Waals surface area contributed by atoms with Crippen LogP contribution in [0.4, 0.5) is 0 Å². The van der Waals surface area contributed by atoms with Crippen molar-refractivity contribution >= 4 is 15.8 Å². The molecule has 2 aromatic carbocycles. The molecule has 0 aliphatic rings. The van der Waals surface area contributed by atoms with Gasteiger partial charge in [-0.25, -0.2) is 22.9 Å². The van der Waals surface area contributed by atoms with Crippen LogP contribution in [0.1, 0.15) is 63.0 Å². The fourth-order valence-corrected chi connectivity index (χ4v) is 4.74. The van der Waals surface area contributed by atoms with Crippen molar-refractivity contribution in [3.63, 3.8) is 0 Å². The van der Waals surface area contributed by atoms with E-state index in [1.54, 1.807) is 22.9 Å². The molecule has 0 spiro atoms. The van der Waals surface area contributed by atoms with E-state index in [1.165, 1.54) is 30.5 Å². The lowest BCUT2D eigenvalue weighted by atomic mass is 9.79. The fourth-order valence-electron chi connectivity index (χ4n) is 4.18. The van der Waals surface area contributed by atoms with E-state index in [1.807, 2.05) is 18.2 Å². The lowest BCUT2D eigenvalue weighted by molar-refractivity contribution is 0.0600. The van der Waals surface area contributed by atoms with Crippen LogP contribution >= 0.6 is 0 Å². The number of rotatable bonds is 5. The van der Waals surface area contributed by atoms with Gasteiger partial charge in [-0.05, 0) is 64.4 Å². The van der Waals surface area contributed by atoms with E-state index in [0.29, 0.717) is 16.9 Å². The highest BCUT2D eigenvalue weighted by Crippen LogP contribution is 2.36. The number of esters is 1. The molecule has 8 heteroatoms. The lowest BCUT2D eigenvalue weighted by Gasteiger charge is -2.26. The summed E-state index contributed by atoms with van der Waals surface area (Å²) < 4.78 is 30.6. The molecule has 0 unspecified atom stereocenters. The number of aromatic nitrogens is 3. The topological polar surface area (TPSA) is 91.2 Å². The number of carbonyl (C=O) groups excluding carboxylic acids is 1. The molecule has 0 radical (unpaired) electrons. The molecule has 204 valence electrons. The van der Waals surface area contributed by atoms with Crippen LogP contribution in [0.3, 0.4) is 0 Å². The number of sulfone groups is 1. The van der Waals surface area contributed by atoms with E-state index in [-0.39, 0.29) is 15.9 Å². The lowest BCUT2D eigenvalue weighted by Crippen LogP contribution is -2.16. The first-order chi connectivity index (χ1) is 18.1. The zero-order valence-corrected chi connectivity index (χ0v) is 24.6. The van der Waals surface area contributed by atoms with Gasteiger partial charge in [0.05, 0.1) is 35.9 Å². The predicted octanol–water partition coefficient (Wildman–Crippen LogP) is 6.39. The zero-order valence-electron chi connectivity index (χ0n) is 23.7. The monoisotopic (exact) mass is 545 g/mol. The molecule has 0 bridgehead atoms. The maximum atomic E-state index is 12.0. The van der Waals surface area contributed by atoms with E-state index in [0.717, 1.165) is 23.1 Å². The molecule has 2 heterocycles. The number of ether oxygens (including phenoxy) is 1. The summed E-state index contributed by atoms with van der Waals surface area (Å²) in [7, 11) is -2.09. The Labute approximate surface area is 230 Å².